The molecule has 0 radical (unpaired) electrons. The van der Waals surface area contributed by atoms with E-state index in [0.29, 0.717) is 11.4 Å². The first-order valence-corrected chi connectivity index (χ1v) is 5.81. The Morgan fingerprint density at radius 1 is 1.32 bits per heavy atom. The van der Waals surface area contributed by atoms with Gasteiger partial charge in [-0.3, -0.25) is 4.79 Å². The zero-order chi connectivity index (χ0) is 13.7. The predicted octanol–water partition coefficient (Wildman–Crippen LogP) is 3.18. The van der Waals surface area contributed by atoms with Crippen LogP contribution in [0.4, 0.5) is 10.2 Å². The molecule has 0 aliphatic carbocycles. The molecule has 2 rings (SSSR count). The van der Waals surface area contributed by atoms with Crippen molar-refractivity contribution in [1.82, 2.24) is 4.98 Å². The molecule has 1 aromatic heterocycles. The van der Waals surface area contributed by atoms with Crippen LogP contribution in [0.2, 0.25) is 0 Å². The van der Waals surface area contributed by atoms with Crippen molar-refractivity contribution < 1.29 is 9.18 Å². The summed E-state index contributed by atoms with van der Waals surface area (Å²) in [7, 11) is 0. The fourth-order valence-electron chi connectivity index (χ4n) is 1.55. The third kappa shape index (κ3) is 3.74. The molecule has 1 amide bonds. The van der Waals surface area contributed by atoms with Crippen molar-refractivity contribution in [2.24, 2.45) is 0 Å². The van der Waals surface area contributed by atoms with E-state index in [1.807, 2.05) is 13.0 Å². The van der Waals surface area contributed by atoms with Gasteiger partial charge in [-0.25, -0.2) is 9.37 Å². The smallest absolute Gasteiger partial charge is 0.249 e. The van der Waals surface area contributed by atoms with Gasteiger partial charge in [0.15, 0.2) is 0 Å². The Hall–Kier alpha value is -2.49. The van der Waals surface area contributed by atoms with Crippen LogP contribution in [-0.4, -0.2) is 10.9 Å². The number of aryl methyl sites for hydroxylation is 1. The standard InChI is InChI=1S/C15H13FN2O/c1-11-8-9-17-14(10-11)18-15(19)7-6-12-4-2-3-5-13(12)16/h2-10H,1H3,(H,17,18,19)/b7-6+. The Kier molecular flexibility index (Phi) is 4.03. The first kappa shape index (κ1) is 13.0. The highest BCUT2D eigenvalue weighted by Crippen LogP contribution is 2.09. The van der Waals surface area contributed by atoms with Crippen LogP contribution in [0.15, 0.2) is 48.7 Å². The van der Waals surface area contributed by atoms with Gasteiger partial charge in [0.2, 0.25) is 5.91 Å². The van der Waals surface area contributed by atoms with Crippen molar-refractivity contribution in [2.75, 3.05) is 5.32 Å². The van der Waals surface area contributed by atoms with Crippen molar-refractivity contribution in [3.63, 3.8) is 0 Å². The second kappa shape index (κ2) is 5.91. The van der Waals surface area contributed by atoms with E-state index in [4.69, 9.17) is 0 Å². The number of carbonyl (C=O) groups is 1. The number of carbonyl (C=O) groups excluding carboxylic acids is 1. The first-order valence-electron chi connectivity index (χ1n) is 5.81. The van der Waals surface area contributed by atoms with E-state index >= 15 is 0 Å². The maximum absolute atomic E-state index is 13.3. The summed E-state index contributed by atoms with van der Waals surface area (Å²) in [5.74, 6) is -0.232. The number of pyridine rings is 1. The molecular formula is C15H13FN2O. The summed E-state index contributed by atoms with van der Waals surface area (Å²) in [5.41, 5.74) is 1.37. The number of aromatic nitrogens is 1. The lowest BCUT2D eigenvalue weighted by molar-refractivity contribution is -0.111. The largest absolute Gasteiger partial charge is 0.307 e. The zero-order valence-corrected chi connectivity index (χ0v) is 10.4. The summed E-state index contributed by atoms with van der Waals surface area (Å²) in [6.07, 6.45) is 4.33. The highest BCUT2D eigenvalue weighted by atomic mass is 19.1. The number of nitrogens with one attached hydrogen (secondary N) is 1. The fraction of sp³-hybridized carbons (Fsp3) is 0.0667. The highest BCUT2D eigenvalue weighted by Gasteiger charge is 2.00. The molecule has 0 aliphatic rings. The minimum atomic E-state index is -0.361. The average Bonchev–Trinajstić information content (AvgIpc) is 2.38. The van der Waals surface area contributed by atoms with Gasteiger partial charge < -0.3 is 5.32 Å². The summed E-state index contributed by atoms with van der Waals surface area (Å²) < 4.78 is 13.3. The molecule has 0 spiro atoms. The number of rotatable bonds is 3. The quantitative estimate of drug-likeness (QED) is 0.857. The minimum absolute atomic E-state index is 0.346. The molecule has 19 heavy (non-hydrogen) atoms. The molecule has 1 N–H and O–H groups in total. The van der Waals surface area contributed by atoms with Crippen LogP contribution < -0.4 is 5.32 Å². The van der Waals surface area contributed by atoms with Crippen molar-refractivity contribution in [3.05, 3.63) is 65.6 Å². The zero-order valence-electron chi connectivity index (χ0n) is 10.4. The van der Waals surface area contributed by atoms with Gasteiger partial charge in [-0.2, -0.15) is 0 Å². The van der Waals surface area contributed by atoms with Gasteiger partial charge in [0.05, 0.1) is 0 Å². The maximum Gasteiger partial charge on any atom is 0.249 e. The molecule has 0 aliphatic heterocycles. The van der Waals surface area contributed by atoms with Gasteiger partial charge in [0.1, 0.15) is 11.6 Å². The van der Waals surface area contributed by atoms with Gasteiger partial charge in [-0.15, -0.1) is 0 Å². The van der Waals surface area contributed by atoms with Gasteiger partial charge in [0, 0.05) is 17.8 Å². The van der Waals surface area contributed by atoms with Crippen LogP contribution in [0.25, 0.3) is 6.08 Å². The summed E-state index contributed by atoms with van der Waals surface area (Å²) >= 11 is 0. The van der Waals surface area contributed by atoms with Crippen molar-refractivity contribution in [2.45, 2.75) is 6.92 Å². The van der Waals surface area contributed by atoms with Crippen LogP contribution in [0.5, 0.6) is 0 Å². The van der Waals surface area contributed by atoms with Crippen LogP contribution in [0.1, 0.15) is 11.1 Å². The Balaban J connectivity index is 2.04. The van der Waals surface area contributed by atoms with E-state index in [1.165, 1.54) is 18.2 Å². The van der Waals surface area contributed by atoms with E-state index in [-0.39, 0.29) is 11.7 Å². The van der Waals surface area contributed by atoms with Crippen molar-refractivity contribution in [1.29, 1.82) is 0 Å². The van der Waals surface area contributed by atoms with Gasteiger partial charge in [0.25, 0.3) is 0 Å². The summed E-state index contributed by atoms with van der Waals surface area (Å²) in [5, 5.41) is 2.61. The Bertz CT molecular complexity index is 623. The first-order chi connectivity index (χ1) is 9.15. The van der Waals surface area contributed by atoms with E-state index in [0.717, 1.165) is 5.56 Å². The normalized spacial score (nSPS) is 10.6. The third-order valence-corrected chi connectivity index (χ3v) is 2.49. The molecule has 0 unspecified atom stereocenters. The topological polar surface area (TPSA) is 42.0 Å². The van der Waals surface area contributed by atoms with E-state index in [9.17, 15) is 9.18 Å². The van der Waals surface area contributed by atoms with Crippen LogP contribution in [0.3, 0.4) is 0 Å². The fourth-order valence-corrected chi connectivity index (χ4v) is 1.55. The van der Waals surface area contributed by atoms with E-state index in [2.05, 4.69) is 10.3 Å². The molecule has 1 aromatic carbocycles. The molecule has 0 saturated heterocycles. The summed E-state index contributed by atoms with van der Waals surface area (Å²) in [4.78, 5) is 15.7. The molecule has 1 heterocycles. The minimum Gasteiger partial charge on any atom is -0.307 e. The maximum atomic E-state index is 13.3. The molecule has 3 nitrogen and oxygen atoms in total. The predicted molar refractivity (Wildman–Crippen MR) is 73.0 cm³/mol. The number of anilines is 1. The second-order valence-electron chi connectivity index (χ2n) is 4.06. The summed E-state index contributed by atoms with van der Waals surface area (Å²) in [6.45, 7) is 1.91. The lowest BCUT2D eigenvalue weighted by atomic mass is 10.2. The van der Waals surface area contributed by atoms with Gasteiger partial charge in [-0.05, 0) is 36.8 Å². The third-order valence-electron chi connectivity index (χ3n) is 2.49. The average molecular weight is 256 g/mol. The van der Waals surface area contributed by atoms with Gasteiger partial charge >= 0.3 is 0 Å². The second-order valence-corrected chi connectivity index (χ2v) is 4.06. The van der Waals surface area contributed by atoms with Gasteiger partial charge in [-0.1, -0.05) is 18.2 Å². The molecule has 96 valence electrons. The number of hydrogen-bond donors (Lipinski definition) is 1. The lowest BCUT2D eigenvalue weighted by Crippen LogP contribution is -2.09. The molecule has 4 heteroatoms. The Morgan fingerprint density at radius 3 is 2.84 bits per heavy atom. The number of hydrogen-bond acceptors (Lipinski definition) is 2. The van der Waals surface area contributed by atoms with Crippen molar-refractivity contribution >= 4 is 17.8 Å². The monoisotopic (exact) mass is 256 g/mol. The number of nitrogens with zero attached hydrogens (tertiary/aromatic N) is 1. The van der Waals surface area contributed by atoms with E-state index in [1.54, 1.807) is 30.5 Å². The molecular weight excluding hydrogens is 243 g/mol. The molecule has 2 aromatic rings. The molecule has 0 bridgehead atoms. The lowest BCUT2D eigenvalue weighted by Gasteiger charge is -2.01. The molecule has 0 atom stereocenters. The van der Waals surface area contributed by atoms with Crippen LogP contribution >= 0.6 is 0 Å². The summed E-state index contributed by atoms with van der Waals surface area (Å²) in [6, 6.07) is 9.86. The van der Waals surface area contributed by atoms with Crippen LogP contribution in [0, 0.1) is 12.7 Å². The Labute approximate surface area is 110 Å². The Morgan fingerprint density at radius 2 is 2.11 bits per heavy atom. The molecule has 0 fully saturated rings. The number of amides is 1. The van der Waals surface area contributed by atoms with Crippen LogP contribution in [-0.2, 0) is 4.79 Å². The number of benzene rings is 1. The SMILES string of the molecule is Cc1ccnc(NC(=O)/C=C/c2ccccc2F)c1. The molecule has 0 saturated carbocycles. The highest BCUT2D eigenvalue weighted by molar-refractivity contribution is 6.01. The van der Waals surface area contributed by atoms with Crippen molar-refractivity contribution in [3.8, 4) is 0 Å². The van der Waals surface area contributed by atoms with E-state index < -0.39 is 0 Å². The number of halogens is 1.